The van der Waals surface area contributed by atoms with Crippen LogP contribution in [0, 0.1) is 17.8 Å². The van der Waals surface area contributed by atoms with Gasteiger partial charge in [-0.1, -0.05) is 73.1 Å². The first kappa shape index (κ1) is 23.4. The van der Waals surface area contributed by atoms with Crippen molar-refractivity contribution in [3.05, 3.63) is 0 Å². The SMILES string of the molecule is CCCCC(CC)CC(CCCC)C(=O)OOOC(C)(C)C(C)C. The lowest BCUT2D eigenvalue weighted by atomic mass is 9.86. The van der Waals surface area contributed by atoms with Crippen LogP contribution in [0.5, 0.6) is 0 Å². The topological polar surface area (TPSA) is 44.8 Å². The van der Waals surface area contributed by atoms with E-state index in [2.05, 4.69) is 20.8 Å². The molecule has 0 heterocycles. The number of carbonyl (C=O) groups excluding carboxylic acids is 1. The summed E-state index contributed by atoms with van der Waals surface area (Å²) in [5, 5.41) is 4.83. The Hall–Kier alpha value is -0.610. The summed E-state index contributed by atoms with van der Waals surface area (Å²) in [6.07, 6.45) is 8.54. The predicted octanol–water partition coefficient (Wildman–Crippen LogP) is 6.24. The van der Waals surface area contributed by atoms with E-state index in [1.165, 1.54) is 19.3 Å². The predicted molar refractivity (Wildman–Crippen MR) is 98.1 cm³/mol. The van der Waals surface area contributed by atoms with Crippen molar-refractivity contribution in [1.82, 2.24) is 0 Å². The Morgan fingerprint density at radius 1 is 1.00 bits per heavy atom. The van der Waals surface area contributed by atoms with Gasteiger partial charge < -0.3 is 0 Å². The van der Waals surface area contributed by atoms with E-state index in [0.29, 0.717) is 5.92 Å². The van der Waals surface area contributed by atoms with Crippen LogP contribution >= 0.6 is 0 Å². The van der Waals surface area contributed by atoms with Crippen molar-refractivity contribution in [1.29, 1.82) is 0 Å². The van der Waals surface area contributed by atoms with Crippen molar-refractivity contribution in [3.63, 3.8) is 0 Å². The molecule has 0 aliphatic heterocycles. The first-order chi connectivity index (χ1) is 11.3. The zero-order valence-electron chi connectivity index (χ0n) is 17.0. The van der Waals surface area contributed by atoms with E-state index in [4.69, 9.17) is 14.8 Å². The van der Waals surface area contributed by atoms with E-state index in [-0.39, 0.29) is 17.8 Å². The highest BCUT2D eigenvalue weighted by Crippen LogP contribution is 2.27. The van der Waals surface area contributed by atoms with Crippen molar-refractivity contribution >= 4 is 5.97 Å². The Balaban J connectivity index is 4.53. The van der Waals surface area contributed by atoms with Gasteiger partial charge in [-0.3, -0.25) is 4.89 Å². The number of unbranched alkanes of at least 4 members (excludes halogenated alkanes) is 2. The van der Waals surface area contributed by atoms with Crippen LogP contribution in [0.4, 0.5) is 0 Å². The lowest BCUT2D eigenvalue weighted by molar-refractivity contribution is -0.521. The van der Waals surface area contributed by atoms with Gasteiger partial charge in [-0.25, -0.2) is 4.79 Å². The van der Waals surface area contributed by atoms with Crippen molar-refractivity contribution in [2.75, 3.05) is 0 Å². The molecular weight excluding hydrogens is 304 g/mol. The second-order valence-electron chi connectivity index (χ2n) is 7.80. The molecule has 24 heavy (non-hydrogen) atoms. The maximum Gasteiger partial charge on any atom is 0.348 e. The quantitative estimate of drug-likeness (QED) is 0.276. The minimum Gasteiger partial charge on any atom is -0.269 e. The van der Waals surface area contributed by atoms with Crippen LogP contribution in [-0.4, -0.2) is 11.6 Å². The Labute approximate surface area is 149 Å². The summed E-state index contributed by atoms with van der Waals surface area (Å²) in [6, 6.07) is 0. The second-order valence-corrected chi connectivity index (χ2v) is 7.80. The van der Waals surface area contributed by atoms with E-state index in [9.17, 15) is 4.79 Å². The lowest BCUT2D eigenvalue weighted by Gasteiger charge is -2.26. The molecule has 0 rings (SSSR count). The van der Waals surface area contributed by atoms with Gasteiger partial charge in [-0.15, -0.1) is 0 Å². The van der Waals surface area contributed by atoms with Crippen LogP contribution in [-0.2, 0) is 19.6 Å². The molecule has 0 radical (unpaired) electrons. The molecule has 0 amide bonds. The Bertz CT molecular complexity index is 326. The molecule has 0 fully saturated rings. The molecule has 0 N–H and O–H groups in total. The molecule has 0 aromatic heterocycles. The van der Waals surface area contributed by atoms with E-state index < -0.39 is 5.60 Å². The van der Waals surface area contributed by atoms with Crippen LogP contribution in [0.15, 0.2) is 0 Å². The molecule has 0 spiro atoms. The molecule has 144 valence electrons. The minimum atomic E-state index is -0.494. The molecule has 0 bridgehead atoms. The van der Waals surface area contributed by atoms with Crippen LogP contribution in [0.3, 0.4) is 0 Å². The molecular formula is C20H40O4. The number of hydrogen-bond acceptors (Lipinski definition) is 4. The maximum absolute atomic E-state index is 12.4. The Morgan fingerprint density at radius 3 is 2.08 bits per heavy atom. The first-order valence-corrected chi connectivity index (χ1v) is 9.84. The summed E-state index contributed by atoms with van der Waals surface area (Å²) >= 11 is 0. The maximum atomic E-state index is 12.4. The van der Waals surface area contributed by atoms with Gasteiger partial charge in [0.15, 0.2) is 0 Å². The normalized spacial score (nSPS) is 14.7. The number of hydrogen-bond donors (Lipinski definition) is 0. The molecule has 2 unspecified atom stereocenters. The fourth-order valence-corrected chi connectivity index (χ4v) is 2.47. The van der Waals surface area contributed by atoms with Crippen molar-refractivity contribution < 1.29 is 19.6 Å². The van der Waals surface area contributed by atoms with Gasteiger partial charge in [0.25, 0.3) is 0 Å². The van der Waals surface area contributed by atoms with E-state index in [1.54, 1.807) is 0 Å². The van der Waals surface area contributed by atoms with Gasteiger partial charge >= 0.3 is 5.97 Å². The van der Waals surface area contributed by atoms with Crippen LogP contribution in [0.2, 0.25) is 0 Å². The average molecular weight is 345 g/mol. The third-order valence-corrected chi connectivity index (χ3v) is 5.16. The summed E-state index contributed by atoms with van der Waals surface area (Å²) in [5.74, 6) is 0.438. The van der Waals surface area contributed by atoms with Gasteiger partial charge in [-0.05, 0) is 43.6 Å². The largest absolute Gasteiger partial charge is 0.348 e. The zero-order chi connectivity index (χ0) is 18.6. The van der Waals surface area contributed by atoms with E-state index >= 15 is 0 Å². The zero-order valence-corrected chi connectivity index (χ0v) is 17.0. The monoisotopic (exact) mass is 344 g/mol. The summed E-state index contributed by atoms with van der Waals surface area (Å²) in [4.78, 5) is 22.6. The summed E-state index contributed by atoms with van der Waals surface area (Å²) in [6.45, 7) is 14.4. The smallest absolute Gasteiger partial charge is 0.269 e. The minimum absolute atomic E-state index is 0.0995. The third kappa shape index (κ3) is 9.63. The average Bonchev–Trinajstić information content (AvgIpc) is 2.53. The molecule has 0 aliphatic rings. The number of rotatable bonds is 14. The molecule has 0 aromatic carbocycles. The first-order valence-electron chi connectivity index (χ1n) is 9.84. The molecule has 2 atom stereocenters. The van der Waals surface area contributed by atoms with Gasteiger partial charge in [0.1, 0.15) is 5.60 Å². The molecule has 4 nitrogen and oxygen atoms in total. The standard InChI is InChI=1S/C20H40O4/c1-8-11-13-17(10-3)15-18(14-12-9-2)19(21)22-24-23-20(6,7)16(4)5/h16-18H,8-15H2,1-7H3. The second kappa shape index (κ2) is 12.7. The van der Waals surface area contributed by atoms with Gasteiger partial charge in [0.05, 0.1) is 5.92 Å². The Morgan fingerprint density at radius 2 is 1.58 bits per heavy atom. The van der Waals surface area contributed by atoms with Crippen LogP contribution < -0.4 is 0 Å². The van der Waals surface area contributed by atoms with Crippen LogP contribution in [0.1, 0.15) is 99.8 Å². The molecule has 4 heteroatoms. The van der Waals surface area contributed by atoms with E-state index in [0.717, 1.165) is 32.1 Å². The summed E-state index contributed by atoms with van der Waals surface area (Å²) < 4.78 is 0. The van der Waals surface area contributed by atoms with Crippen molar-refractivity contribution in [2.45, 2.75) is 105 Å². The molecule has 0 saturated carbocycles. The van der Waals surface area contributed by atoms with E-state index in [1.807, 2.05) is 27.7 Å². The summed E-state index contributed by atoms with van der Waals surface area (Å²) in [7, 11) is 0. The lowest BCUT2D eigenvalue weighted by Crippen LogP contribution is -2.32. The highest BCUT2D eigenvalue weighted by atomic mass is 17.5. The highest BCUT2D eigenvalue weighted by Gasteiger charge is 2.28. The fourth-order valence-electron chi connectivity index (χ4n) is 2.47. The number of carbonyl (C=O) groups is 1. The van der Waals surface area contributed by atoms with Crippen molar-refractivity contribution in [2.24, 2.45) is 17.8 Å². The molecule has 0 aromatic rings. The molecule has 0 saturated heterocycles. The molecule has 0 aliphatic carbocycles. The highest BCUT2D eigenvalue weighted by molar-refractivity contribution is 5.71. The van der Waals surface area contributed by atoms with Crippen molar-refractivity contribution in [3.8, 4) is 0 Å². The summed E-state index contributed by atoms with van der Waals surface area (Å²) in [5.41, 5.74) is -0.494. The van der Waals surface area contributed by atoms with Gasteiger partial charge in [0, 0.05) is 0 Å². The van der Waals surface area contributed by atoms with Crippen LogP contribution in [0.25, 0.3) is 0 Å². The fraction of sp³-hybridized carbons (Fsp3) is 0.950. The van der Waals surface area contributed by atoms with Gasteiger partial charge in [0.2, 0.25) is 0 Å². The third-order valence-electron chi connectivity index (χ3n) is 5.16. The Kier molecular flexibility index (Phi) is 12.4. The van der Waals surface area contributed by atoms with Gasteiger partial charge in [-0.2, -0.15) is 4.89 Å².